The number of hydrogen-bond acceptors (Lipinski definition) is 4. The lowest BCUT2D eigenvalue weighted by atomic mass is 10.1. The molecule has 6 nitrogen and oxygen atoms in total. The molecule has 0 bridgehead atoms. The van der Waals surface area contributed by atoms with Gasteiger partial charge < -0.3 is 15.5 Å². The Morgan fingerprint density at radius 2 is 1.44 bits per heavy atom. The Morgan fingerprint density at radius 3 is 2.13 bits per heavy atom. The maximum atomic E-state index is 12.5. The molecule has 4 rings (SSSR count). The van der Waals surface area contributed by atoms with Crippen molar-refractivity contribution < 1.29 is 9.59 Å². The zero-order valence-electron chi connectivity index (χ0n) is 21.9. The molecule has 0 radical (unpaired) electrons. The normalized spacial score (nSPS) is 14.4. The summed E-state index contributed by atoms with van der Waals surface area (Å²) >= 11 is 12.0. The number of nitrogens with zero attached hydrogens (tertiary/aromatic N) is 2. The number of halogens is 2. The predicted octanol–water partition coefficient (Wildman–Crippen LogP) is 6.09. The van der Waals surface area contributed by atoms with Gasteiger partial charge in [-0.05, 0) is 67.4 Å². The van der Waals surface area contributed by atoms with Crippen molar-refractivity contribution in [3.05, 3.63) is 106 Å². The first-order valence-corrected chi connectivity index (χ1v) is 14.0. The average molecular weight is 566 g/mol. The number of unbranched alkanes of at least 4 members (excludes halogenated alkanes) is 1. The van der Waals surface area contributed by atoms with Gasteiger partial charge in [-0.3, -0.25) is 14.5 Å². The molecule has 3 aromatic carbocycles. The minimum Gasteiger partial charge on any atom is -0.352 e. The molecular formula is C31H34Cl2N4O2. The van der Waals surface area contributed by atoms with E-state index in [2.05, 4.69) is 56.9 Å². The van der Waals surface area contributed by atoms with Crippen LogP contribution >= 0.6 is 23.2 Å². The van der Waals surface area contributed by atoms with E-state index in [-0.39, 0.29) is 11.8 Å². The van der Waals surface area contributed by atoms with E-state index in [0.29, 0.717) is 33.4 Å². The number of rotatable bonds is 11. The van der Waals surface area contributed by atoms with E-state index in [9.17, 15) is 9.59 Å². The van der Waals surface area contributed by atoms with Crippen LogP contribution in [0.2, 0.25) is 10.0 Å². The molecule has 1 aliphatic rings. The minimum absolute atomic E-state index is 0.119. The van der Waals surface area contributed by atoms with Gasteiger partial charge in [0.25, 0.3) is 11.8 Å². The fourth-order valence-corrected chi connectivity index (χ4v) is 4.98. The number of amides is 2. The van der Waals surface area contributed by atoms with E-state index in [1.807, 2.05) is 6.07 Å². The molecule has 0 spiro atoms. The van der Waals surface area contributed by atoms with Crippen molar-refractivity contribution in [2.24, 2.45) is 0 Å². The minimum atomic E-state index is -0.321. The first kappa shape index (κ1) is 28.8. The Kier molecular flexibility index (Phi) is 11.0. The van der Waals surface area contributed by atoms with Gasteiger partial charge in [0.05, 0.1) is 0 Å². The Bertz CT molecular complexity index is 1240. The van der Waals surface area contributed by atoms with Gasteiger partial charge in [0.15, 0.2) is 0 Å². The quantitative estimate of drug-likeness (QED) is 0.277. The molecule has 8 heteroatoms. The van der Waals surface area contributed by atoms with E-state index in [1.165, 1.54) is 5.56 Å². The van der Waals surface area contributed by atoms with E-state index < -0.39 is 0 Å². The number of carbonyl (C=O) groups is 2. The third kappa shape index (κ3) is 9.52. The summed E-state index contributed by atoms with van der Waals surface area (Å²) in [5, 5.41) is 6.57. The molecule has 1 fully saturated rings. The molecule has 1 aliphatic heterocycles. The molecule has 39 heavy (non-hydrogen) atoms. The van der Waals surface area contributed by atoms with Crippen LogP contribution in [-0.2, 0) is 0 Å². The molecule has 0 aromatic heterocycles. The topological polar surface area (TPSA) is 64.7 Å². The van der Waals surface area contributed by atoms with E-state index in [0.717, 1.165) is 52.1 Å². The standard InChI is InChI=1S/C31H34Cl2N4O2/c32-27-21-26(22-28(33)23-27)31(39)35-29-12-10-25(11-13-29)30(38)34-14-4-5-15-36-17-19-37(20-18-36)16-6-9-24-7-2-1-3-8-24/h1-3,6-13,21-23H,4-5,14-20H2,(H,34,38)(H,35,39)/b9-6+. The fraction of sp³-hybridized carbons (Fsp3) is 0.290. The third-order valence-corrected chi connectivity index (χ3v) is 7.09. The van der Waals surface area contributed by atoms with Crippen molar-refractivity contribution in [3.8, 4) is 0 Å². The maximum absolute atomic E-state index is 12.5. The second kappa shape index (κ2) is 14.8. The summed E-state index contributed by atoms with van der Waals surface area (Å²) in [6.07, 6.45) is 6.41. The summed E-state index contributed by atoms with van der Waals surface area (Å²) < 4.78 is 0. The molecule has 2 amide bonds. The Hall–Kier alpha value is -3.16. The first-order chi connectivity index (χ1) is 19.0. The fourth-order valence-electron chi connectivity index (χ4n) is 4.46. The molecule has 0 aliphatic carbocycles. The third-order valence-electron chi connectivity index (χ3n) is 6.65. The van der Waals surface area contributed by atoms with Crippen LogP contribution in [0, 0.1) is 0 Å². The van der Waals surface area contributed by atoms with Gasteiger partial charge in [-0.1, -0.05) is 65.7 Å². The van der Waals surface area contributed by atoms with Crippen LogP contribution in [0.3, 0.4) is 0 Å². The van der Waals surface area contributed by atoms with E-state index >= 15 is 0 Å². The Labute approximate surface area is 240 Å². The largest absolute Gasteiger partial charge is 0.352 e. The van der Waals surface area contributed by atoms with Gasteiger partial charge in [0, 0.05) is 66.1 Å². The van der Waals surface area contributed by atoms with Gasteiger partial charge in [0.1, 0.15) is 0 Å². The molecule has 0 atom stereocenters. The van der Waals surface area contributed by atoms with Gasteiger partial charge in [-0.2, -0.15) is 0 Å². The molecule has 3 aromatic rings. The van der Waals surface area contributed by atoms with Crippen molar-refractivity contribution in [3.63, 3.8) is 0 Å². The van der Waals surface area contributed by atoms with Crippen molar-refractivity contribution in [2.45, 2.75) is 12.8 Å². The van der Waals surface area contributed by atoms with Crippen LogP contribution in [0.25, 0.3) is 6.08 Å². The molecule has 2 N–H and O–H groups in total. The first-order valence-electron chi connectivity index (χ1n) is 13.3. The highest BCUT2D eigenvalue weighted by Crippen LogP contribution is 2.20. The lowest BCUT2D eigenvalue weighted by molar-refractivity contribution is 0.0951. The van der Waals surface area contributed by atoms with Crippen LogP contribution in [0.4, 0.5) is 5.69 Å². The molecule has 0 unspecified atom stereocenters. The van der Waals surface area contributed by atoms with Crippen LogP contribution in [-0.4, -0.2) is 67.4 Å². The summed E-state index contributed by atoms with van der Waals surface area (Å²) in [4.78, 5) is 29.9. The molecule has 204 valence electrons. The van der Waals surface area contributed by atoms with Crippen molar-refractivity contribution >= 4 is 46.8 Å². The van der Waals surface area contributed by atoms with Crippen LogP contribution in [0.5, 0.6) is 0 Å². The zero-order chi connectivity index (χ0) is 27.5. The highest BCUT2D eigenvalue weighted by Gasteiger charge is 2.15. The number of hydrogen-bond donors (Lipinski definition) is 2. The maximum Gasteiger partial charge on any atom is 0.255 e. The molecular weight excluding hydrogens is 531 g/mol. The number of nitrogens with one attached hydrogen (secondary N) is 2. The van der Waals surface area contributed by atoms with Crippen LogP contribution < -0.4 is 10.6 Å². The highest BCUT2D eigenvalue weighted by molar-refractivity contribution is 6.35. The molecule has 1 saturated heterocycles. The molecule has 1 heterocycles. The number of carbonyl (C=O) groups excluding carboxylic acids is 2. The second-order valence-corrected chi connectivity index (χ2v) is 10.5. The summed E-state index contributed by atoms with van der Waals surface area (Å²) in [7, 11) is 0. The smallest absolute Gasteiger partial charge is 0.255 e. The summed E-state index contributed by atoms with van der Waals surface area (Å²) in [5.41, 5.74) is 2.74. The SMILES string of the molecule is O=C(NCCCCN1CCN(C/C=C/c2ccccc2)CC1)c1ccc(NC(=O)c2cc(Cl)cc(Cl)c2)cc1. The van der Waals surface area contributed by atoms with E-state index in [4.69, 9.17) is 23.2 Å². The van der Waals surface area contributed by atoms with Crippen molar-refractivity contribution in [2.75, 3.05) is 51.1 Å². The van der Waals surface area contributed by atoms with Gasteiger partial charge in [0.2, 0.25) is 0 Å². The monoisotopic (exact) mass is 564 g/mol. The van der Waals surface area contributed by atoms with E-state index in [1.54, 1.807) is 42.5 Å². The molecule has 0 saturated carbocycles. The highest BCUT2D eigenvalue weighted by atomic mass is 35.5. The summed E-state index contributed by atoms with van der Waals surface area (Å²) in [6.45, 7) is 7.00. The Morgan fingerprint density at radius 1 is 0.769 bits per heavy atom. The van der Waals surface area contributed by atoms with Gasteiger partial charge in [-0.15, -0.1) is 0 Å². The number of benzene rings is 3. The zero-order valence-corrected chi connectivity index (χ0v) is 23.4. The van der Waals surface area contributed by atoms with Gasteiger partial charge >= 0.3 is 0 Å². The Balaban J connectivity index is 1.09. The van der Waals surface area contributed by atoms with Crippen LogP contribution in [0.1, 0.15) is 39.1 Å². The van der Waals surface area contributed by atoms with Crippen LogP contribution in [0.15, 0.2) is 78.9 Å². The lowest BCUT2D eigenvalue weighted by Gasteiger charge is -2.34. The second-order valence-electron chi connectivity index (χ2n) is 9.61. The summed E-state index contributed by atoms with van der Waals surface area (Å²) in [6, 6.07) is 21.9. The average Bonchev–Trinajstić information content (AvgIpc) is 2.94. The van der Waals surface area contributed by atoms with Crippen molar-refractivity contribution in [1.29, 1.82) is 0 Å². The number of piperazine rings is 1. The lowest BCUT2D eigenvalue weighted by Crippen LogP contribution is -2.46. The van der Waals surface area contributed by atoms with Crippen molar-refractivity contribution in [1.82, 2.24) is 15.1 Å². The number of anilines is 1. The van der Waals surface area contributed by atoms with Gasteiger partial charge in [-0.25, -0.2) is 0 Å². The summed E-state index contributed by atoms with van der Waals surface area (Å²) in [5.74, 6) is -0.440. The predicted molar refractivity (Wildman–Crippen MR) is 161 cm³/mol.